The monoisotopic (exact) mass is 372 g/mol. The van der Waals surface area contributed by atoms with Crippen LogP contribution in [0.2, 0.25) is 0 Å². The first kappa shape index (κ1) is 18.2. The van der Waals surface area contributed by atoms with Crippen molar-refractivity contribution in [2.24, 2.45) is 5.14 Å². The van der Waals surface area contributed by atoms with Gasteiger partial charge in [-0.25, -0.2) is 23.2 Å². The number of primary sulfonamides is 1. The summed E-state index contributed by atoms with van der Waals surface area (Å²) in [6.45, 7) is 2.34. The molecule has 136 valence electrons. The quantitative estimate of drug-likeness (QED) is 0.713. The van der Waals surface area contributed by atoms with E-state index < -0.39 is 10.0 Å². The predicted octanol–water partition coefficient (Wildman–Crippen LogP) is 1.96. The number of hydrogen-bond donors (Lipinski definition) is 1. The molecule has 0 spiro atoms. The Morgan fingerprint density at radius 3 is 2.42 bits per heavy atom. The number of methoxy groups -OCH3 is 1. The van der Waals surface area contributed by atoms with Crippen LogP contribution in [0, 0.1) is 6.92 Å². The lowest BCUT2D eigenvalue weighted by Crippen LogP contribution is -2.12. The number of nitrogens with zero attached hydrogens (tertiary/aromatic N) is 3. The number of aryl methyl sites for hydroxylation is 1. The zero-order chi connectivity index (χ0) is 18.7. The van der Waals surface area contributed by atoms with Gasteiger partial charge in [0.2, 0.25) is 10.0 Å². The zero-order valence-corrected chi connectivity index (χ0v) is 15.4. The van der Waals surface area contributed by atoms with Crippen molar-refractivity contribution in [2.45, 2.75) is 24.8 Å². The lowest BCUT2D eigenvalue weighted by atomic mass is 10.1. The summed E-state index contributed by atoms with van der Waals surface area (Å²) in [4.78, 5) is 4.62. The molecule has 0 saturated heterocycles. The topological polar surface area (TPSA) is 100 Å². The van der Waals surface area contributed by atoms with Crippen LogP contribution in [0.5, 0.6) is 0 Å². The highest BCUT2D eigenvalue weighted by molar-refractivity contribution is 7.89. The first-order valence-electron chi connectivity index (χ1n) is 8.00. The molecular weight excluding hydrogens is 352 g/mol. The summed E-state index contributed by atoms with van der Waals surface area (Å²) in [6.07, 6.45) is 0.598. The molecule has 7 nitrogen and oxygen atoms in total. The number of sulfonamides is 1. The lowest BCUT2D eigenvalue weighted by Gasteiger charge is -2.08. The minimum Gasteiger partial charge on any atom is -0.377 e. The van der Waals surface area contributed by atoms with Crippen LogP contribution < -0.4 is 5.14 Å². The van der Waals surface area contributed by atoms with Crippen LogP contribution in [-0.4, -0.2) is 30.3 Å². The summed E-state index contributed by atoms with van der Waals surface area (Å²) in [7, 11) is -2.15. The average molecular weight is 372 g/mol. The van der Waals surface area contributed by atoms with E-state index in [1.54, 1.807) is 23.9 Å². The fourth-order valence-corrected chi connectivity index (χ4v) is 3.17. The van der Waals surface area contributed by atoms with E-state index in [0.717, 1.165) is 11.4 Å². The van der Waals surface area contributed by atoms with Crippen LogP contribution in [0.1, 0.15) is 22.8 Å². The van der Waals surface area contributed by atoms with Crippen LogP contribution in [0.25, 0.3) is 5.69 Å². The second-order valence-corrected chi connectivity index (χ2v) is 7.49. The first-order valence-corrected chi connectivity index (χ1v) is 9.54. The molecule has 0 saturated carbocycles. The highest BCUT2D eigenvalue weighted by Gasteiger charge is 2.14. The van der Waals surface area contributed by atoms with E-state index in [1.165, 1.54) is 17.7 Å². The van der Waals surface area contributed by atoms with Crippen LogP contribution in [-0.2, 0) is 27.8 Å². The number of rotatable bonds is 6. The van der Waals surface area contributed by atoms with E-state index in [0.29, 0.717) is 24.5 Å². The largest absolute Gasteiger partial charge is 0.377 e. The molecule has 0 atom stereocenters. The second kappa shape index (κ2) is 7.36. The van der Waals surface area contributed by atoms with E-state index >= 15 is 0 Å². The molecular formula is C18H20N4O3S. The van der Waals surface area contributed by atoms with Crippen molar-refractivity contribution in [1.82, 2.24) is 14.8 Å². The van der Waals surface area contributed by atoms with Crippen LogP contribution in [0.3, 0.4) is 0 Å². The minimum atomic E-state index is -3.73. The van der Waals surface area contributed by atoms with Gasteiger partial charge in [-0.2, -0.15) is 0 Å². The molecule has 0 bridgehead atoms. The predicted molar refractivity (Wildman–Crippen MR) is 97.4 cm³/mol. The molecule has 0 fully saturated rings. The van der Waals surface area contributed by atoms with Crippen molar-refractivity contribution in [1.29, 1.82) is 0 Å². The Kier molecular flexibility index (Phi) is 5.17. The minimum absolute atomic E-state index is 0.0546. The summed E-state index contributed by atoms with van der Waals surface area (Å²) in [5.41, 5.74) is 3.02. The summed E-state index contributed by atoms with van der Waals surface area (Å²) in [5, 5.41) is 9.65. The third-order valence-corrected chi connectivity index (χ3v) is 4.94. The van der Waals surface area contributed by atoms with Gasteiger partial charge in [-0.05, 0) is 42.3 Å². The molecule has 0 radical (unpaired) electrons. The van der Waals surface area contributed by atoms with E-state index in [4.69, 9.17) is 9.88 Å². The van der Waals surface area contributed by atoms with Crippen molar-refractivity contribution in [2.75, 3.05) is 7.11 Å². The summed E-state index contributed by atoms with van der Waals surface area (Å²) in [5.74, 6) is 1.31. The average Bonchev–Trinajstić information content (AvgIpc) is 2.99. The molecule has 2 N–H and O–H groups in total. The highest BCUT2D eigenvalue weighted by Crippen LogP contribution is 2.18. The maximum Gasteiger partial charge on any atom is 0.238 e. The summed E-state index contributed by atoms with van der Waals surface area (Å²) < 4.78 is 29.7. The fourth-order valence-electron chi connectivity index (χ4n) is 2.66. The maximum absolute atomic E-state index is 11.4. The molecule has 0 unspecified atom stereocenters. The normalized spacial score (nSPS) is 11.7. The number of benzene rings is 2. The van der Waals surface area contributed by atoms with Gasteiger partial charge >= 0.3 is 0 Å². The second-order valence-electron chi connectivity index (χ2n) is 5.93. The van der Waals surface area contributed by atoms with Gasteiger partial charge in [0.05, 0.1) is 10.6 Å². The first-order chi connectivity index (χ1) is 12.4. The molecule has 0 amide bonds. The van der Waals surface area contributed by atoms with Crippen LogP contribution in [0.4, 0.5) is 0 Å². The SMILES string of the molecule is COCc1nc(Cc2ccccc2C)n(-c2ccc(S(N)(=O)=O)cc2)n1. The molecule has 2 aromatic carbocycles. The van der Waals surface area contributed by atoms with Gasteiger partial charge in [-0.1, -0.05) is 24.3 Å². The van der Waals surface area contributed by atoms with Crippen molar-refractivity contribution in [3.8, 4) is 5.69 Å². The molecule has 26 heavy (non-hydrogen) atoms. The Bertz CT molecular complexity index is 1010. The number of nitrogens with two attached hydrogens (primary N) is 1. The number of aromatic nitrogens is 3. The zero-order valence-electron chi connectivity index (χ0n) is 14.6. The van der Waals surface area contributed by atoms with Crippen molar-refractivity contribution >= 4 is 10.0 Å². The van der Waals surface area contributed by atoms with Gasteiger partial charge in [0.1, 0.15) is 12.4 Å². The van der Waals surface area contributed by atoms with E-state index in [-0.39, 0.29) is 4.90 Å². The Morgan fingerprint density at radius 2 is 1.81 bits per heavy atom. The van der Waals surface area contributed by atoms with Gasteiger partial charge in [0.15, 0.2) is 5.82 Å². The molecule has 0 aliphatic heterocycles. The van der Waals surface area contributed by atoms with Gasteiger partial charge in [0, 0.05) is 13.5 Å². The van der Waals surface area contributed by atoms with Crippen molar-refractivity contribution in [3.63, 3.8) is 0 Å². The Labute approximate surface area is 152 Å². The lowest BCUT2D eigenvalue weighted by molar-refractivity contribution is 0.178. The third kappa shape index (κ3) is 3.98. The van der Waals surface area contributed by atoms with Gasteiger partial charge in [-0.15, -0.1) is 5.10 Å². The van der Waals surface area contributed by atoms with Crippen molar-refractivity contribution < 1.29 is 13.2 Å². The molecule has 3 rings (SSSR count). The maximum atomic E-state index is 11.4. The van der Waals surface area contributed by atoms with E-state index in [9.17, 15) is 8.42 Å². The third-order valence-electron chi connectivity index (χ3n) is 4.01. The molecule has 1 heterocycles. The number of hydrogen-bond acceptors (Lipinski definition) is 5. The van der Waals surface area contributed by atoms with Crippen LogP contribution >= 0.6 is 0 Å². The molecule has 3 aromatic rings. The Balaban J connectivity index is 2.01. The molecule has 0 aliphatic rings. The molecule has 8 heteroatoms. The van der Waals surface area contributed by atoms with Crippen molar-refractivity contribution in [3.05, 3.63) is 71.3 Å². The summed E-state index contributed by atoms with van der Waals surface area (Å²) >= 11 is 0. The smallest absolute Gasteiger partial charge is 0.238 e. The van der Waals surface area contributed by atoms with E-state index in [1.807, 2.05) is 25.1 Å². The highest BCUT2D eigenvalue weighted by atomic mass is 32.2. The molecule has 1 aromatic heterocycles. The summed E-state index contributed by atoms with van der Waals surface area (Å²) in [6, 6.07) is 14.3. The van der Waals surface area contributed by atoms with Crippen LogP contribution in [0.15, 0.2) is 53.4 Å². The Morgan fingerprint density at radius 1 is 1.12 bits per heavy atom. The van der Waals surface area contributed by atoms with Gasteiger partial charge < -0.3 is 4.74 Å². The molecule has 0 aliphatic carbocycles. The van der Waals surface area contributed by atoms with E-state index in [2.05, 4.69) is 16.1 Å². The van der Waals surface area contributed by atoms with Gasteiger partial charge in [0.25, 0.3) is 0 Å². The standard InChI is InChI=1S/C18H20N4O3S/c1-13-5-3-4-6-14(13)11-18-20-17(12-25-2)21-22(18)15-7-9-16(10-8-15)26(19,23)24/h3-10H,11-12H2,1-2H3,(H2,19,23,24). The fraction of sp³-hybridized carbons (Fsp3) is 0.222. The number of ether oxygens (including phenoxy) is 1. The Hall–Kier alpha value is -2.55. The van der Waals surface area contributed by atoms with Gasteiger partial charge in [-0.3, -0.25) is 0 Å².